The van der Waals surface area contributed by atoms with Gasteiger partial charge in [-0.15, -0.1) is 0 Å². The molecule has 0 bridgehead atoms. The summed E-state index contributed by atoms with van der Waals surface area (Å²) in [6.45, 7) is -1.24. The van der Waals surface area contributed by atoms with Crippen molar-refractivity contribution < 1.29 is 3.62 Å². The summed E-state index contributed by atoms with van der Waals surface area (Å²) in [6.07, 6.45) is 0. The predicted molar refractivity (Wildman–Crippen MR) is 28.6 cm³/mol. The highest BCUT2D eigenvalue weighted by Gasteiger charge is 1.90. The van der Waals surface area contributed by atoms with Gasteiger partial charge in [0, 0.05) is 0 Å². The van der Waals surface area contributed by atoms with Crippen LogP contribution in [0.1, 0.15) is 0 Å². The minimum Gasteiger partial charge on any atom is -0.252 e. The molecule has 0 saturated heterocycles. The average Bonchev–Trinajstić information content (AvgIpc) is 1.38. The molecule has 1 nitrogen and oxygen atoms in total. The van der Waals surface area contributed by atoms with Crippen molar-refractivity contribution in [2.45, 2.75) is 0 Å². The van der Waals surface area contributed by atoms with E-state index in [1.54, 1.807) is 0 Å². The smallest absolute Gasteiger partial charge is 0.237 e. The molecule has 0 saturated carbocycles. The van der Waals surface area contributed by atoms with Crippen molar-refractivity contribution in [3.8, 4) is 0 Å². The maximum Gasteiger partial charge on any atom is 0.237 e. The van der Waals surface area contributed by atoms with E-state index in [2.05, 4.69) is 19.9 Å². The predicted octanol–water partition coefficient (Wildman–Crippen LogP) is 3.02. The van der Waals surface area contributed by atoms with E-state index in [-0.39, 0.29) is 0 Å². The maximum absolute atomic E-state index is 5.02. The fourth-order valence-corrected chi connectivity index (χ4v) is 0. The summed E-state index contributed by atoms with van der Waals surface area (Å²) in [5.74, 6) is 0. The summed E-state index contributed by atoms with van der Waals surface area (Å²) in [6, 6.07) is 0. The van der Waals surface area contributed by atoms with Gasteiger partial charge >= 0.3 is 0 Å². The Labute approximate surface area is 49.5 Å². The highest BCUT2D eigenvalue weighted by Crippen LogP contribution is 2.49. The molecule has 0 rings (SSSR count). The first-order chi connectivity index (χ1) is 2.27. The summed E-state index contributed by atoms with van der Waals surface area (Å²) in [5, 5.41) is 0. The molecule has 0 atom stereocenters. The fraction of sp³-hybridized carbons (Fsp3) is 0. The zero-order chi connectivity index (χ0) is 4.28. The van der Waals surface area contributed by atoms with Crippen molar-refractivity contribution in [2.24, 2.45) is 0 Å². The van der Waals surface area contributed by atoms with Crippen LogP contribution in [0.2, 0.25) is 0 Å². The molecule has 0 fully saturated rings. The van der Waals surface area contributed by atoms with E-state index in [0.717, 1.165) is 0 Å². The first kappa shape index (κ1) is 6.45. The Morgan fingerprint density at radius 2 is 1.80 bits per heavy atom. The molecule has 0 heterocycles. The first-order valence-corrected chi connectivity index (χ1v) is 4.39. The van der Waals surface area contributed by atoms with Gasteiger partial charge in [0.2, 0.25) is 6.85 Å². The number of hydrogen-bond donors (Lipinski definition) is 0. The average molecular weight is 198 g/mol. The number of hydrogen-bond acceptors (Lipinski definition) is 1. The molecule has 0 aliphatic rings. The quantitative estimate of drug-likeness (QED) is 0.588. The molecule has 0 aliphatic heterocycles. The lowest BCUT2D eigenvalue weighted by Gasteiger charge is -1.83. The molecule has 0 aromatic rings. The lowest BCUT2D eigenvalue weighted by Crippen LogP contribution is -1.34. The number of halogens is 3. The van der Waals surface area contributed by atoms with Gasteiger partial charge in [0.15, 0.2) is 0 Å². The lowest BCUT2D eigenvalue weighted by molar-refractivity contribution is 0.788. The van der Waals surface area contributed by atoms with E-state index in [0.29, 0.717) is 0 Å². The summed E-state index contributed by atoms with van der Waals surface area (Å²) in [7, 11) is 0. The second kappa shape index (κ2) is 3.63. The molecular formula is BrCl2OP. The van der Waals surface area contributed by atoms with E-state index < -0.39 is 6.85 Å². The van der Waals surface area contributed by atoms with E-state index >= 15 is 0 Å². The molecule has 0 aromatic carbocycles. The largest absolute Gasteiger partial charge is 0.252 e. The molecule has 5 heteroatoms. The van der Waals surface area contributed by atoms with Crippen molar-refractivity contribution in [1.82, 2.24) is 0 Å². The molecule has 32 valence electrons. The Balaban J connectivity index is 2.54. The van der Waals surface area contributed by atoms with E-state index in [9.17, 15) is 0 Å². The van der Waals surface area contributed by atoms with E-state index in [1.165, 1.54) is 0 Å². The zero-order valence-corrected chi connectivity index (χ0v) is 5.98. The Kier molecular flexibility index (Phi) is 4.69. The molecule has 0 aliphatic carbocycles. The Hall–Kier alpha value is 1.45. The van der Waals surface area contributed by atoms with Crippen LogP contribution >= 0.6 is 45.6 Å². The summed E-state index contributed by atoms with van der Waals surface area (Å²) < 4.78 is 4.16. The minimum atomic E-state index is -1.24. The van der Waals surface area contributed by atoms with Crippen LogP contribution in [0, 0.1) is 0 Å². The van der Waals surface area contributed by atoms with Gasteiger partial charge in [-0.1, -0.05) is 0 Å². The van der Waals surface area contributed by atoms with Gasteiger partial charge < -0.3 is 0 Å². The van der Waals surface area contributed by atoms with Crippen LogP contribution in [0.15, 0.2) is 0 Å². The zero-order valence-electron chi connectivity index (χ0n) is 1.99. The van der Waals surface area contributed by atoms with Gasteiger partial charge in [0.25, 0.3) is 0 Å². The highest BCUT2D eigenvalue weighted by atomic mass is 79.9. The SMILES string of the molecule is ClP(Cl)OBr. The fourth-order valence-electron chi connectivity index (χ4n) is 0. The molecule has 0 unspecified atom stereocenters. The van der Waals surface area contributed by atoms with Gasteiger partial charge in [-0.25, -0.2) is 0 Å². The third-order valence-electron chi connectivity index (χ3n) is 0.0522. The van der Waals surface area contributed by atoms with Gasteiger partial charge in [-0.05, 0) is 22.5 Å². The van der Waals surface area contributed by atoms with Crippen molar-refractivity contribution in [1.29, 1.82) is 0 Å². The highest BCUT2D eigenvalue weighted by molar-refractivity contribution is 9.06. The van der Waals surface area contributed by atoms with Crippen LogP contribution < -0.4 is 0 Å². The van der Waals surface area contributed by atoms with Gasteiger partial charge in [0.05, 0.1) is 0 Å². The minimum absolute atomic E-state index is 1.24. The monoisotopic (exact) mass is 196 g/mol. The van der Waals surface area contributed by atoms with Crippen molar-refractivity contribution in [2.75, 3.05) is 0 Å². The van der Waals surface area contributed by atoms with Crippen molar-refractivity contribution in [3.63, 3.8) is 0 Å². The van der Waals surface area contributed by atoms with Gasteiger partial charge in [0.1, 0.15) is 16.3 Å². The molecule has 5 heavy (non-hydrogen) atoms. The van der Waals surface area contributed by atoms with Crippen LogP contribution in [0.5, 0.6) is 0 Å². The molecule has 0 aromatic heterocycles. The third kappa shape index (κ3) is 5.45. The molecule has 0 radical (unpaired) electrons. The maximum atomic E-state index is 5.02. The first-order valence-electron chi connectivity index (χ1n) is 0.675. The van der Waals surface area contributed by atoms with E-state index in [4.69, 9.17) is 22.5 Å². The molecule has 0 N–H and O–H groups in total. The third-order valence-corrected chi connectivity index (χ3v) is 2.44. The van der Waals surface area contributed by atoms with Crippen LogP contribution in [0.4, 0.5) is 0 Å². The summed E-state index contributed by atoms with van der Waals surface area (Å²) in [4.78, 5) is 0. The standard InChI is InChI=1S/BrCl2OP/c1-4-5(2)3. The second-order valence-electron chi connectivity index (χ2n) is 0.271. The van der Waals surface area contributed by atoms with Crippen molar-refractivity contribution in [3.05, 3.63) is 0 Å². The normalized spacial score (nSPS) is 9.60. The van der Waals surface area contributed by atoms with Crippen LogP contribution in [-0.2, 0) is 3.62 Å². The van der Waals surface area contributed by atoms with E-state index in [1.807, 2.05) is 0 Å². The summed E-state index contributed by atoms with van der Waals surface area (Å²) in [5.41, 5.74) is 0. The van der Waals surface area contributed by atoms with Crippen LogP contribution in [0.3, 0.4) is 0 Å². The Morgan fingerprint density at radius 1 is 1.60 bits per heavy atom. The number of rotatable bonds is 1. The van der Waals surface area contributed by atoms with Crippen LogP contribution in [0.25, 0.3) is 0 Å². The van der Waals surface area contributed by atoms with Crippen LogP contribution in [-0.4, -0.2) is 0 Å². The Morgan fingerprint density at radius 3 is 1.80 bits per heavy atom. The topological polar surface area (TPSA) is 9.23 Å². The van der Waals surface area contributed by atoms with Gasteiger partial charge in [-0.3, -0.25) is 3.62 Å². The lowest BCUT2D eigenvalue weighted by atomic mass is 15.9. The summed E-state index contributed by atoms with van der Waals surface area (Å²) >= 11 is 12.6. The van der Waals surface area contributed by atoms with Crippen molar-refractivity contribution >= 4 is 45.6 Å². The van der Waals surface area contributed by atoms with Gasteiger partial charge in [-0.2, -0.15) is 0 Å². The molecular weight excluding hydrogens is 198 g/mol. The second-order valence-corrected chi connectivity index (χ2v) is 4.04. The molecule has 0 amide bonds. The molecule has 0 spiro atoms. The Bertz CT molecular complexity index is 23.6.